The normalized spacial score (nSPS) is 16.5. The molecule has 7 nitrogen and oxygen atoms in total. The fourth-order valence-corrected chi connectivity index (χ4v) is 2.63. The third-order valence-electron chi connectivity index (χ3n) is 3.88. The third-order valence-corrected chi connectivity index (χ3v) is 4.25. The summed E-state index contributed by atoms with van der Waals surface area (Å²) in [6.45, 7) is 2.13. The average Bonchev–Trinajstić information content (AvgIpc) is 2.49. The number of hydrogen-bond acceptors (Lipinski definition) is 5. The Morgan fingerprint density at radius 2 is 2.09 bits per heavy atom. The predicted molar refractivity (Wildman–Crippen MR) is 86.3 cm³/mol. The van der Waals surface area contributed by atoms with Crippen LogP contribution in [0.1, 0.15) is 12.8 Å². The molecule has 0 bridgehead atoms. The lowest BCUT2D eigenvalue weighted by Gasteiger charge is -2.32. The van der Waals surface area contributed by atoms with E-state index in [1.807, 2.05) is 0 Å². The molecule has 1 fully saturated rings. The zero-order chi connectivity index (χ0) is 16.3. The monoisotopic (exact) mass is 327 g/mol. The average molecular weight is 328 g/mol. The number of carbonyl (C=O) groups is 1. The highest BCUT2D eigenvalue weighted by Gasteiger charge is 2.22. The fraction of sp³-hybridized carbons (Fsp3) is 0.643. The van der Waals surface area contributed by atoms with Crippen molar-refractivity contribution in [2.75, 3.05) is 39.0 Å². The molecule has 1 aliphatic rings. The number of aryl methyl sites for hydroxylation is 1. The number of amides is 1. The Morgan fingerprint density at radius 3 is 2.68 bits per heavy atom. The quantitative estimate of drug-likeness (QED) is 0.866. The van der Waals surface area contributed by atoms with E-state index in [2.05, 4.69) is 15.3 Å². The van der Waals surface area contributed by atoms with E-state index < -0.39 is 0 Å². The minimum atomic E-state index is -0.305. The van der Waals surface area contributed by atoms with Crippen LogP contribution in [-0.2, 0) is 11.8 Å². The highest BCUT2D eigenvalue weighted by Crippen LogP contribution is 2.20. The molecule has 1 aromatic rings. The summed E-state index contributed by atoms with van der Waals surface area (Å²) in [5.74, 6) is 0.116. The molecular formula is C14H22ClN5O2. The Balaban J connectivity index is 1.89. The molecule has 0 aliphatic carbocycles. The molecular weight excluding hydrogens is 306 g/mol. The SMILES string of the molecule is CN(C)C(=O)CN1CCC(Nc2cnn(C)c(=O)c2Cl)CC1. The molecule has 122 valence electrons. The van der Waals surface area contributed by atoms with Crippen molar-refractivity contribution in [3.05, 3.63) is 21.6 Å². The molecule has 1 N–H and O–H groups in total. The summed E-state index contributed by atoms with van der Waals surface area (Å²) in [6.07, 6.45) is 3.37. The van der Waals surface area contributed by atoms with Gasteiger partial charge in [0.05, 0.1) is 18.4 Å². The topological polar surface area (TPSA) is 70.5 Å². The first kappa shape index (κ1) is 16.8. The Kier molecular flexibility index (Phi) is 5.42. The largest absolute Gasteiger partial charge is 0.380 e. The molecule has 1 aromatic heterocycles. The summed E-state index contributed by atoms with van der Waals surface area (Å²) < 4.78 is 1.21. The van der Waals surface area contributed by atoms with Crippen LogP contribution < -0.4 is 10.9 Å². The van der Waals surface area contributed by atoms with Gasteiger partial charge in [0, 0.05) is 40.3 Å². The highest BCUT2D eigenvalue weighted by atomic mass is 35.5. The van der Waals surface area contributed by atoms with E-state index in [0.29, 0.717) is 12.2 Å². The molecule has 22 heavy (non-hydrogen) atoms. The van der Waals surface area contributed by atoms with Gasteiger partial charge in [0.25, 0.3) is 5.56 Å². The maximum absolute atomic E-state index is 11.7. The molecule has 0 unspecified atom stereocenters. The van der Waals surface area contributed by atoms with Crippen molar-refractivity contribution in [2.24, 2.45) is 7.05 Å². The summed E-state index contributed by atoms with van der Waals surface area (Å²) in [6, 6.07) is 0.233. The van der Waals surface area contributed by atoms with Gasteiger partial charge in [-0.05, 0) is 12.8 Å². The van der Waals surface area contributed by atoms with Crippen LogP contribution >= 0.6 is 11.6 Å². The number of likely N-dealkylation sites (N-methyl/N-ethyl adjacent to an activating group) is 1. The number of anilines is 1. The van der Waals surface area contributed by atoms with Crippen LogP contribution in [0.3, 0.4) is 0 Å². The Labute approximate surface area is 134 Å². The van der Waals surface area contributed by atoms with Crippen molar-refractivity contribution >= 4 is 23.2 Å². The van der Waals surface area contributed by atoms with Gasteiger partial charge in [-0.1, -0.05) is 11.6 Å². The first-order chi connectivity index (χ1) is 10.4. The number of piperidine rings is 1. The van der Waals surface area contributed by atoms with Crippen molar-refractivity contribution in [3.8, 4) is 0 Å². The van der Waals surface area contributed by atoms with Crippen LogP contribution in [0, 0.1) is 0 Å². The first-order valence-electron chi connectivity index (χ1n) is 7.29. The number of nitrogens with one attached hydrogen (secondary N) is 1. The first-order valence-corrected chi connectivity index (χ1v) is 7.67. The number of nitrogens with zero attached hydrogens (tertiary/aromatic N) is 4. The van der Waals surface area contributed by atoms with Crippen molar-refractivity contribution < 1.29 is 4.79 Å². The minimum Gasteiger partial charge on any atom is -0.380 e. The Morgan fingerprint density at radius 1 is 1.45 bits per heavy atom. The van der Waals surface area contributed by atoms with E-state index >= 15 is 0 Å². The second-order valence-corrected chi connectivity index (χ2v) is 6.16. The van der Waals surface area contributed by atoms with Crippen LogP contribution in [-0.4, -0.2) is 65.3 Å². The summed E-state index contributed by atoms with van der Waals surface area (Å²) >= 11 is 6.05. The molecule has 0 aromatic carbocycles. The Hall–Kier alpha value is -1.60. The number of rotatable bonds is 4. The van der Waals surface area contributed by atoms with E-state index in [0.717, 1.165) is 25.9 Å². The molecule has 1 aliphatic heterocycles. The molecule has 1 saturated heterocycles. The van der Waals surface area contributed by atoms with Crippen LogP contribution in [0.4, 0.5) is 5.69 Å². The number of aromatic nitrogens is 2. The van der Waals surface area contributed by atoms with Crippen LogP contribution in [0.25, 0.3) is 0 Å². The maximum atomic E-state index is 11.7. The van der Waals surface area contributed by atoms with Gasteiger partial charge in [-0.2, -0.15) is 5.10 Å². The summed E-state index contributed by atoms with van der Waals surface area (Å²) in [7, 11) is 5.10. The summed E-state index contributed by atoms with van der Waals surface area (Å²) in [4.78, 5) is 27.2. The zero-order valence-electron chi connectivity index (χ0n) is 13.2. The fourth-order valence-electron chi connectivity index (χ4n) is 2.40. The molecule has 0 radical (unpaired) electrons. The Bertz CT molecular complexity index is 593. The van der Waals surface area contributed by atoms with Gasteiger partial charge in [-0.3, -0.25) is 14.5 Å². The van der Waals surface area contributed by atoms with Gasteiger partial charge in [-0.15, -0.1) is 0 Å². The van der Waals surface area contributed by atoms with Gasteiger partial charge in [-0.25, -0.2) is 4.68 Å². The summed E-state index contributed by atoms with van der Waals surface area (Å²) in [5, 5.41) is 7.43. The van der Waals surface area contributed by atoms with Gasteiger partial charge in [0.2, 0.25) is 5.91 Å². The predicted octanol–water partition coefficient (Wildman–Crippen LogP) is 0.398. The summed E-state index contributed by atoms with van der Waals surface area (Å²) in [5.41, 5.74) is 0.272. The van der Waals surface area contributed by atoms with Crippen LogP contribution in [0.5, 0.6) is 0 Å². The third kappa shape index (κ3) is 3.98. The van der Waals surface area contributed by atoms with Crippen LogP contribution in [0.15, 0.2) is 11.0 Å². The zero-order valence-corrected chi connectivity index (χ0v) is 13.9. The van der Waals surface area contributed by atoms with E-state index in [4.69, 9.17) is 11.6 Å². The van der Waals surface area contributed by atoms with E-state index in [1.165, 1.54) is 4.68 Å². The molecule has 0 spiro atoms. The number of carbonyl (C=O) groups excluding carboxylic acids is 1. The standard InChI is InChI=1S/C14H22ClN5O2/c1-18(2)12(21)9-20-6-4-10(5-7-20)17-11-8-16-19(3)14(22)13(11)15/h8,10,17H,4-7,9H2,1-3H3. The molecule has 2 rings (SSSR count). The minimum absolute atomic E-state index is 0.116. The molecule has 2 heterocycles. The van der Waals surface area contributed by atoms with E-state index in [-0.39, 0.29) is 22.5 Å². The highest BCUT2D eigenvalue weighted by molar-refractivity contribution is 6.32. The van der Waals surface area contributed by atoms with Gasteiger partial charge < -0.3 is 10.2 Å². The second-order valence-electron chi connectivity index (χ2n) is 5.78. The molecule has 8 heteroatoms. The molecule has 1 amide bonds. The van der Waals surface area contributed by atoms with Crippen molar-refractivity contribution in [1.29, 1.82) is 0 Å². The van der Waals surface area contributed by atoms with Crippen molar-refractivity contribution in [3.63, 3.8) is 0 Å². The van der Waals surface area contributed by atoms with Crippen molar-refractivity contribution in [2.45, 2.75) is 18.9 Å². The van der Waals surface area contributed by atoms with Gasteiger partial charge in [0.1, 0.15) is 5.02 Å². The maximum Gasteiger partial charge on any atom is 0.287 e. The van der Waals surface area contributed by atoms with Crippen molar-refractivity contribution in [1.82, 2.24) is 19.6 Å². The van der Waals surface area contributed by atoms with Crippen LogP contribution in [0.2, 0.25) is 5.02 Å². The smallest absolute Gasteiger partial charge is 0.287 e. The number of hydrogen-bond donors (Lipinski definition) is 1. The number of halogens is 1. The lowest BCUT2D eigenvalue weighted by atomic mass is 10.0. The van der Waals surface area contributed by atoms with E-state index in [1.54, 1.807) is 32.2 Å². The van der Waals surface area contributed by atoms with E-state index in [9.17, 15) is 9.59 Å². The lowest BCUT2D eigenvalue weighted by Crippen LogP contribution is -2.44. The number of likely N-dealkylation sites (tertiary alicyclic amines) is 1. The molecule has 0 saturated carbocycles. The molecule has 0 atom stereocenters. The van der Waals surface area contributed by atoms with Gasteiger partial charge >= 0.3 is 0 Å². The lowest BCUT2D eigenvalue weighted by molar-refractivity contribution is -0.130. The van der Waals surface area contributed by atoms with Gasteiger partial charge in [0.15, 0.2) is 0 Å². The second kappa shape index (κ2) is 7.11.